The number of amides is 1. The van der Waals surface area contributed by atoms with Gasteiger partial charge in [-0.05, 0) is 78.9 Å². The van der Waals surface area contributed by atoms with E-state index in [0.29, 0.717) is 28.3 Å². The summed E-state index contributed by atoms with van der Waals surface area (Å²) in [6.45, 7) is 5.75. The summed E-state index contributed by atoms with van der Waals surface area (Å²) in [7, 11) is 3.14. The van der Waals surface area contributed by atoms with Crippen molar-refractivity contribution in [1.82, 2.24) is 0 Å². The molecule has 0 aliphatic carbocycles. The highest BCUT2D eigenvalue weighted by atomic mass is 16.5. The minimum absolute atomic E-state index is 0.0375. The largest absolute Gasteiger partial charge is 0.507 e. The number of anilines is 1. The van der Waals surface area contributed by atoms with Crippen molar-refractivity contribution in [3.63, 3.8) is 0 Å². The van der Waals surface area contributed by atoms with Gasteiger partial charge in [0.2, 0.25) is 0 Å². The number of ether oxygens (including phenoxy) is 2. The van der Waals surface area contributed by atoms with E-state index in [1.165, 1.54) is 4.90 Å². The van der Waals surface area contributed by atoms with Gasteiger partial charge in [0.05, 0.1) is 25.8 Å². The molecule has 1 aliphatic rings. The molecule has 3 aromatic rings. The maximum absolute atomic E-state index is 13.4. The summed E-state index contributed by atoms with van der Waals surface area (Å²) < 4.78 is 10.8. The van der Waals surface area contributed by atoms with Crippen LogP contribution in [-0.2, 0) is 16.0 Å². The molecule has 1 amide bonds. The molecule has 1 unspecified atom stereocenters. The second-order valence-electron chi connectivity index (χ2n) is 8.60. The summed E-state index contributed by atoms with van der Waals surface area (Å²) in [5, 5.41) is 11.5. The van der Waals surface area contributed by atoms with Crippen LogP contribution in [0, 0.1) is 13.8 Å². The van der Waals surface area contributed by atoms with Gasteiger partial charge in [-0.3, -0.25) is 14.5 Å². The summed E-state index contributed by atoms with van der Waals surface area (Å²) >= 11 is 0. The molecule has 1 saturated heterocycles. The molecule has 6 heteroatoms. The first-order chi connectivity index (χ1) is 16.8. The first-order valence-corrected chi connectivity index (χ1v) is 11.5. The summed E-state index contributed by atoms with van der Waals surface area (Å²) in [6, 6.07) is 17.5. The number of Topliss-reactive ketones (excluding diaryl/α,β-unsaturated/α-hetero) is 1. The van der Waals surface area contributed by atoms with Gasteiger partial charge in [0.15, 0.2) is 0 Å². The minimum atomic E-state index is -0.820. The number of nitrogens with zero attached hydrogens (tertiary/aromatic N) is 1. The Kier molecular flexibility index (Phi) is 6.65. The molecular weight excluding hydrogens is 442 g/mol. The van der Waals surface area contributed by atoms with Crippen LogP contribution in [0.2, 0.25) is 0 Å². The van der Waals surface area contributed by atoms with Crippen molar-refractivity contribution in [2.45, 2.75) is 33.2 Å². The molecule has 1 fully saturated rings. The molecule has 1 N–H and O–H groups in total. The fourth-order valence-electron chi connectivity index (χ4n) is 4.53. The lowest BCUT2D eigenvalue weighted by Crippen LogP contribution is -2.29. The van der Waals surface area contributed by atoms with Crippen molar-refractivity contribution in [1.29, 1.82) is 0 Å². The van der Waals surface area contributed by atoms with Crippen molar-refractivity contribution in [2.24, 2.45) is 0 Å². The Balaban J connectivity index is 1.96. The highest BCUT2D eigenvalue weighted by Gasteiger charge is 2.47. The van der Waals surface area contributed by atoms with E-state index in [1.807, 2.05) is 50.2 Å². The highest BCUT2D eigenvalue weighted by Crippen LogP contribution is 2.43. The Labute approximate surface area is 205 Å². The second-order valence-corrected chi connectivity index (χ2v) is 8.60. The van der Waals surface area contributed by atoms with E-state index in [-0.39, 0.29) is 11.3 Å². The number of ketones is 1. The van der Waals surface area contributed by atoms with Crippen LogP contribution in [0.4, 0.5) is 5.69 Å². The third kappa shape index (κ3) is 4.28. The molecule has 6 nitrogen and oxygen atoms in total. The number of benzene rings is 3. The summed E-state index contributed by atoms with van der Waals surface area (Å²) in [6.07, 6.45) is 0.856. The van der Waals surface area contributed by atoms with Crippen LogP contribution in [0.25, 0.3) is 5.76 Å². The van der Waals surface area contributed by atoms with Crippen LogP contribution >= 0.6 is 0 Å². The number of aryl methyl sites for hydroxylation is 3. The molecule has 35 heavy (non-hydrogen) atoms. The van der Waals surface area contributed by atoms with Gasteiger partial charge in [0.25, 0.3) is 11.7 Å². The first-order valence-electron chi connectivity index (χ1n) is 11.5. The zero-order valence-electron chi connectivity index (χ0n) is 20.6. The van der Waals surface area contributed by atoms with Gasteiger partial charge >= 0.3 is 0 Å². The number of carbonyl (C=O) groups excluding carboxylic acids is 2. The Hall–Kier alpha value is -4.06. The summed E-state index contributed by atoms with van der Waals surface area (Å²) in [5.74, 6) is -0.368. The normalized spacial score (nSPS) is 17.1. The Morgan fingerprint density at radius 2 is 1.66 bits per heavy atom. The lowest BCUT2D eigenvalue weighted by molar-refractivity contribution is -0.132. The van der Waals surface area contributed by atoms with Gasteiger partial charge in [-0.25, -0.2) is 0 Å². The number of carbonyl (C=O) groups is 2. The van der Waals surface area contributed by atoms with Crippen LogP contribution in [-0.4, -0.2) is 31.0 Å². The van der Waals surface area contributed by atoms with Crippen molar-refractivity contribution >= 4 is 23.1 Å². The van der Waals surface area contributed by atoms with E-state index in [9.17, 15) is 14.7 Å². The molecule has 1 aliphatic heterocycles. The standard InChI is InChI=1S/C29H29NO5/c1-6-19-10-12-21(13-11-19)30-26(20-8-7-9-22(16-20)34-4)25(28(32)29(30)33)27(31)23-14-18(3)24(35-5)15-17(23)2/h7-16,26,31H,6H2,1-5H3/b27-25+. The minimum Gasteiger partial charge on any atom is -0.507 e. The predicted molar refractivity (Wildman–Crippen MR) is 136 cm³/mol. The fourth-order valence-corrected chi connectivity index (χ4v) is 4.53. The maximum Gasteiger partial charge on any atom is 0.300 e. The molecule has 180 valence electrons. The molecule has 0 aromatic heterocycles. The van der Waals surface area contributed by atoms with E-state index in [1.54, 1.807) is 38.5 Å². The van der Waals surface area contributed by atoms with Gasteiger partial charge in [0.1, 0.15) is 17.3 Å². The summed E-state index contributed by atoms with van der Waals surface area (Å²) in [4.78, 5) is 28.2. The average Bonchev–Trinajstić information content (AvgIpc) is 3.15. The number of hydrogen-bond acceptors (Lipinski definition) is 5. The topological polar surface area (TPSA) is 76.1 Å². The number of aliphatic hydroxyl groups excluding tert-OH is 1. The zero-order valence-corrected chi connectivity index (χ0v) is 20.6. The van der Waals surface area contributed by atoms with Crippen LogP contribution in [0.3, 0.4) is 0 Å². The Morgan fingerprint density at radius 1 is 0.943 bits per heavy atom. The van der Waals surface area contributed by atoms with E-state index in [0.717, 1.165) is 23.1 Å². The lowest BCUT2D eigenvalue weighted by atomic mass is 9.93. The molecule has 1 heterocycles. The van der Waals surface area contributed by atoms with Crippen molar-refractivity contribution in [3.05, 3.63) is 94.1 Å². The highest BCUT2D eigenvalue weighted by molar-refractivity contribution is 6.51. The van der Waals surface area contributed by atoms with Crippen molar-refractivity contribution < 1.29 is 24.2 Å². The van der Waals surface area contributed by atoms with E-state index >= 15 is 0 Å². The fraction of sp³-hybridized carbons (Fsp3) is 0.241. The van der Waals surface area contributed by atoms with Gasteiger partial charge in [0, 0.05) is 11.3 Å². The number of rotatable bonds is 6. The van der Waals surface area contributed by atoms with Crippen LogP contribution in [0.1, 0.15) is 40.8 Å². The van der Waals surface area contributed by atoms with Gasteiger partial charge in [-0.2, -0.15) is 0 Å². The SMILES string of the molecule is CCc1ccc(N2C(=O)C(=O)/C(=C(/O)c3cc(C)c(OC)cc3C)C2c2cccc(OC)c2)cc1. The second kappa shape index (κ2) is 9.66. The van der Waals surface area contributed by atoms with Crippen LogP contribution in [0.5, 0.6) is 11.5 Å². The molecule has 0 radical (unpaired) electrons. The average molecular weight is 472 g/mol. The van der Waals surface area contributed by atoms with Gasteiger partial charge in [-0.15, -0.1) is 0 Å². The number of methoxy groups -OCH3 is 2. The van der Waals surface area contributed by atoms with Crippen molar-refractivity contribution in [2.75, 3.05) is 19.1 Å². The summed E-state index contributed by atoms with van der Waals surface area (Å²) in [5.41, 5.74) is 4.42. The quantitative estimate of drug-likeness (QED) is 0.291. The van der Waals surface area contributed by atoms with Crippen LogP contribution < -0.4 is 14.4 Å². The van der Waals surface area contributed by atoms with E-state index < -0.39 is 17.7 Å². The first kappa shape index (κ1) is 24.1. The Bertz CT molecular complexity index is 1320. The Morgan fingerprint density at radius 3 is 2.29 bits per heavy atom. The maximum atomic E-state index is 13.4. The molecular formula is C29H29NO5. The molecule has 3 aromatic carbocycles. The predicted octanol–water partition coefficient (Wildman–Crippen LogP) is 5.51. The molecule has 1 atom stereocenters. The van der Waals surface area contributed by atoms with Crippen LogP contribution in [0.15, 0.2) is 66.2 Å². The third-order valence-electron chi connectivity index (χ3n) is 6.47. The third-order valence-corrected chi connectivity index (χ3v) is 6.47. The molecule has 0 bridgehead atoms. The number of aliphatic hydroxyl groups is 1. The van der Waals surface area contributed by atoms with Gasteiger partial charge in [-0.1, -0.05) is 31.2 Å². The zero-order chi connectivity index (χ0) is 25.3. The van der Waals surface area contributed by atoms with Crippen molar-refractivity contribution in [3.8, 4) is 11.5 Å². The molecule has 4 rings (SSSR count). The molecule has 0 spiro atoms. The lowest BCUT2D eigenvalue weighted by Gasteiger charge is -2.26. The number of hydrogen-bond donors (Lipinski definition) is 1. The monoisotopic (exact) mass is 471 g/mol. The van der Waals surface area contributed by atoms with E-state index in [4.69, 9.17) is 9.47 Å². The van der Waals surface area contributed by atoms with E-state index in [2.05, 4.69) is 6.92 Å². The smallest absolute Gasteiger partial charge is 0.300 e. The molecule has 0 saturated carbocycles. The van der Waals surface area contributed by atoms with Gasteiger partial charge < -0.3 is 14.6 Å².